The summed E-state index contributed by atoms with van der Waals surface area (Å²) in [4.78, 5) is 11.5. The number of rotatable bonds is 0. The summed E-state index contributed by atoms with van der Waals surface area (Å²) >= 11 is 0. The molecular weight excluding hydrogens is 174 g/mol. The number of hydrogen-bond donors (Lipinski definition) is 2. The van der Waals surface area contributed by atoms with Crippen LogP contribution in [0.2, 0.25) is 0 Å². The fourth-order valence-electron chi connectivity index (χ4n) is 1.39. The fourth-order valence-corrected chi connectivity index (χ4v) is 1.39. The molecule has 0 unspecified atom stereocenters. The second-order valence-electron chi connectivity index (χ2n) is 2.82. The Labute approximate surface area is 70.3 Å². The van der Waals surface area contributed by atoms with E-state index in [-0.39, 0.29) is 27.6 Å². The lowest BCUT2D eigenvalue weighted by Crippen LogP contribution is -1.90. The van der Waals surface area contributed by atoms with Crippen molar-refractivity contribution in [3.63, 3.8) is 0 Å². The first-order chi connectivity index (χ1) is 6.20. The fraction of sp³-hybridized carbons (Fsp3) is 0. The van der Waals surface area contributed by atoms with E-state index in [1.54, 1.807) is 0 Å². The molecule has 0 aliphatic heterocycles. The molecule has 0 amide bonds. The number of phenolic OH excluding ortho intramolecular Hbond substituents is 1. The van der Waals surface area contributed by atoms with Crippen molar-refractivity contribution in [3.05, 3.63) is 16.3 Å². The van der Waals surface area contributed by atoms with Crippen molar-refractivity contribution in [1.29, 1.82) is 0 Å². The molecule has 0 spiro atoms. The average molecular weight is 177 g/mol. The maximum atomic E-state index is 11.0. The van der Waals surface area contributed by atoms with E-state index in [1.165, 1.54) is 6.07 Å². The van der Waals surface area contributed by atoms with Gasteiger partial charge in [0, 0.05) is 5.39 Å². The normalized spacial score (nSPS) is 12.0. The molecule has 13 heavy (non-hydrogen) atoms. The zero-order chi connectivity index (χ0) is 9.16. The summed E-state index contributed by atoms with van der Waals surface area (Å²) in [6.07, 6.45) is 0. The van der Waals surface area contributed by atoms with E-state index in [0.29, 0.717) is 10.2 Å². The minimum atomic E-state index is -0.199. The topological polar surface area (TPSA) is 88.2 Å². The Balaban J connectivity index is 2.66. The van der Waals surface area contributed by atoms with Gasteiger partial charge in [-0.05, 0) is 11.3 Å². The molecule has 3 aromatic rings. The number of aromatic hydroxyl groups is 1. The van der Waals surface area contributed by atoms with Crippen LogP contribution in [0.5, 0.6) is 5.75 Å². The summed E-state index contributed by atoms with van der Waals surface area (Å²) in [7, 11) is 0. The van der Waals surface area contributed by atoms with Gasteiger partial charge in [-0.3, -0.25) is 4.79 Å². The summed E-state index contributed by atoms with van der Waals surface area (Å²) in [5.41, 5.74) is 0.185. The van der Waals surface area contributed by atoms with E-state index < -0.39 is 0 Å². The van der Waals surface area contributed by atoms with Crippen molar-refractivity contribution in [2.24, 2.45) is 0 Å². The van der Waals surface area contributed by atoms with E-state index in [0.717, 1.165) is 0 Å². The van der Waals surface area contributed by atoms with Crippen LogP contribution < -0.4 is 5.43 Å². The van der Waals surface area contributed by atoms with Crippen molar-refractivity contribution in [1.82, 2.24) is 15.2 Å². The molecule has 3 rings (SSSR count). The van der Waals surface area contributed by atoms with E-state index in [9.17, 15) is 9.90 Å². The summed E-state index contributed by atoms with van der Waals surface area (Å²) in [5, 5.41) is 26.0. The van der Waals surface area contributed by atoms with E-state index in [1.807, 2.05) is 0 Å². The van der Waals surface area contributed by atoms with Crippen LogP contribution in [0.4, 0.5) is 0 Å². The van der Waals surface area contributed by atoms with Crippen LogP contribution in [0.3, 0.4) is 0 Å². The van der Waals surface area contributed by atoms with Crippen molar-refractivity contribution in [2.75, 3.05) is 0 Å². The Kier molecular flexibility index (Phi) is 0.804. The van der Waals surface area contributed by atoms with Gasteiger partial charge in [-0.25, -0.2) is 0 Å². The molecule has 0 saturated carbocycles. The highest BCUT2D eigenvalue weighted by Crippen LogP contribution is 2.33. The molecule has 6 nitrogen and oxygen atoms in total. The Morgan fingerprint density at radius 1 is 1.46 bits per heavy atom. The average Bonchev–Trinajstić information content (AvgIpc) is 2.58. The van der Waals surface area contributed by atoms with Crippen LogP contribution in [0.1, 0.15) is 0 Å². The minimum absolute atomic E-state index is 0.145. The van der Waals surface area contributed by atoms with Gasteiger partial charge in [0.15, 0.2) is 16.7 Å². The SMILES string of the molecule is O=c1c2cc3c(nnn3O)c(O)c12. The summed E-state index contributed by atoms with van der Waals surface area (Å²) < 4.78 is 0. The molecule has 0 aliphatic rings. The summed E-state index contributed by atoms with van der Waals surface area (Å²) in [5.74, 6) is -0.196. The predicted molar refractivity (Wildman–Crippen MR) is 42.5 cm³/mol. The third-order valence-corrected chi connectivity index (χ3v) is 2.11. The molecule has 0 radical (unpaired) electrons. The van der Waals surface area contributed by atoms with Crippen LogP contribution in [0, 0.1) is 0 Å². The Morgan fingerprint density at radius 3 is 3.00 bits per heavy atom. The molecule has 64 valence electrons. The molecule has 1 heterocycles. The molecule has 6 heteroatoms. The lowest BCUT2D eigenvalue weighted by Gasteiger charge is -1.89. The van der Waals surface area contributed by atoms with Gasteiger partial charge in [-0.2, -0.15) is 0 Å². The predicted octanol–water partition coefficient (Wildman–Crippen LogP) is -0.237. The lowest BCUT2D eigenvalue weighted by molar-refractivity contribution is 0.155. The first-order valence-corrected chi connectivity index (χ1v) is 3.55. The van der Waals surface area contributed by atoms with Crippen molar-refractivity contribution < 1.29 is 10.3 Å². The molecule has 2 N–H and O–H groups in total. The van der Waals surface area contributed by atoms with Gasteiger partial charge in [0.25, 0.3) is 0 Å². The van der Waals surface area contributed by atoms with E-state index in [2.05, 4.69) is 10.3 Å². The third kappa shape index (κ3) is 0.569. The Hall–Kier alpha value is -2.11. The number of phenols is 1. The van der Waals surface area contributed by atoms with Gasteiger partial charge in [0.2, 0.25) is 0 Å². The van der Waals surface area contributed by atoms with Crippen LogP contribution in [-0.4, -0.2) is 25.5 Å². The maximum Gasteiger partial charge on any atom is 0.198 e. The van der Waals surface area contributed by atoms with Crippen molar-refractivity contribution in [2.45, 2.75) is 0 Å². The monoisotopic (exact) mass is 177 g/mol. The standard InChI is InChI=1S/C7H3N3O3/c11-6-2-1-3-5(7(12)4(2)6)8-9-10(3)13/h1,12-13H. The van der Waals surface area contributed by atoms with Gasteiger partial charge < -0.3 is 10.3 Å². The van der Waals surface area contributed by atoms with Gasteiger partial charge in [-0.15, -0.1) is 5.10 Å². The van der Waals surface area contributed by atoms with Crippen molar-refractivity contribution >= 4 is 21.8 Å². The smallest absolute Gasteiger partial charge is 0.198 e. The van der Waals surface area contributed by atoms with Crippen LogP contribution >= 0.6 is 0 Å². The maximum absolute atomic E-state index is 11.0. The first-order valence-electron chi connectivity index (χ1n) is 3.55. The van der Waals surface area contributed by atoms with E-state index in [4.69, 9.17) is 5.21 Å². The molecule has 0 bridgehead atoms. The highest BCUT2D eigenvalue weighted by molar-refractivity contribution is 6.11. The van der Waals surface area contributed by atoms with Gasteiger partial charge in [0.1, 0.15) is 5.52 Å². The minimum Gasteiger partial charge on any atom is -0.505 e. The van der Waals surface area contributed by atoms with Crippen LogP contribution in [0.25, 0.3) is 21.8 Å². The number of benzene rings is 1. The molecular formula is C7H3N3O3. The number of aromatic nitrogens is 3. The highest BCUT2D eigenvalue weighted by atomic mass is 16.5. The zero-order valence-corrected chi connectivity index (χ0v) is 6.22. The molecule has 0 fully saturated rings. The number of fused-ring (bicyclic) bond motifs is 2. The lowest BCUT2D eigenvalue weighted by atomic mass is 10.3. The summed E-state index contributed by atoms with van der Waals surface area (Å²) in [6, 6.07) is 1.45. The van der Waals surface area contributed by atoms with Gasteiger partial charge in [0.05, 0.1) is 5.39 Å². The third-order valence-electron chi connectivity index (χ3n) is 2.11. The van der Waals surface area contributed by atoms with E-state index >= 15 is 0 Å². The molecule has 0 saturated heterocycles. The number of nitrogens with zero attached hydrogens (tertiary/aromatic N) is 3. The Morgan fingerprint density at radius 2 is 2.23 bits per heavy atom. The van der Waals surface area contributed by atoms with Crippen molar-refractivity contribution in [3.8, 4) is 5.75 Å². The molecule has 2 aromatic carbocycles. The second kappa shape index (κ2) is 1.63. The molecule has 1 aromatic heterocycles. The Bertz CT molecular complexity index is 644. The quantitative estimate of drug-likeness (QED) is 0.463. The molecule has 0 atom stereocenters. The first kappa shape index (κ1) is 6.41. The van der Waals surface area contributed by atoms with Crippen LogP contribution in [-0.2, 0) is 0 Å². The largest absolute Gasteiger partial charge is 0.505 e. The van der Waals surface area contributed by atoms with Gasteiger partial charge >= 0.3 is 0 Å². The van der Waals surface area contributed by atoms with Gasteiger partial charge in [-0.1, -0.05) is 4.85 Å². The second-order valence-corrected chi connectivity index (χ2v) is 2.82. The highest BCUT2D eigenvalue weighted by Gasteiger charge is 2.22. The van der Waals surface area contributed by atoms with Crippen LogP contribution in [0.15, 0.2) is 10.9 Å². The zero-order valence-electron chi connectivity index (χ0n) is 6.22. The summed E-state index contributed by atoms with van der Waals surface area (Å²) in [6.45, 7) is 0. The number of hydrogen-bond acceptors (Lipinski definition) is 5. The molecule has 0 aliphatic carbocycles.